The fraction of sp³-hybridized carbons (Fsp3) is 1.00. The molecule has 0 aliphatic carbocycles. The Morgan fingerprint density at radius 1 is 1.60 bits per heavy atom. The van der Waals surface area contributed by atoms with Gasteiger partial charge >= 0.3 is 0 Å². The van der Waals surface area contributed by atoms with Gasteiger partial charge in [-0.15, -0.1) is 0 Å². The second-order valence-electron chi connectivity index (χ2n) is 3.34. The van der Waals surface area contributed by atoms with Gasteiger partial charge in [-0.25, -0.2) is 0 Å². The van der Waals surface area contributed by atoms with Gasteiger partial charge in [0.25, 0.3) is 0 Å². The molecule has 2 nitrogen and oxygen atoms in total. The highest BCUT2D eigenvalue weighted by Gasteiger charge is 2.24. The van der Waals surface area contributed by atoms with E-state index < -0.39 is 0 Å². The quantitative estimate of drug-likeness (QED) is 0.618. The zero-order valence-electron chi connectivity index (χ0n) is 7.01. The summed E-state index contributed by atoms with van der Waals surface area (Å²) in [5, 5.41) is 0. The molecule has 0 aromatic carbocycles. The molecule has 60 valence electrons. The third-order valence-corrected chi connectivity index (χ3v) is 2.25. The smallest absolute Gasteiger partial charge is 0.0182 e. The molecular weight excluding hydrogens is 124 g/mol. The van der Waals surface area contributed by atoms with E-state index in [1.807, 2.05) is 0 Å². The molecule has 2 heteroatoms. The van der Waals surface area contributed by atoms with Gasteiger partial charge in [-0.1, -0.05) is 6.92 Å². The van der Waals surface area contributed by atoms with Crippen molar-refractivity contribution >= 4 is 0 Å². The predicted octanol–water partition coefficient (Wildman–Crippen LogP) is 0.818. The van der Waals surface area contributed by atoms with Crippen LogP contribution in [0.5, 0.6) is 0 Å². The van der Waals surface area contributed by atoms with E-state index in [4.69, 9.17) is 5.73 Å². The van der Waals surface area contributed by atoms with E-state index in [1.165, 1.54) is 19.4 Å². The SMILES string of the molecule is CCCN1CC(N)CC1C. The molecule has 0 spiro atoms. The molecule has 1 fully saturated rings. The Bertz CT molecular complexity index is 103. The number of likely N-dealkylation sites (tertiary alicyclic amines) is 1. The molecule has 0 saturated carbocycles. The second-order valence-corrected chi connectivity index (χ2v) is 3.34. The zero-order chi connectivity index (χ0) is 7.56. The lowest BCUT2D eigenvalue weighted by atomic mass is 10.2. The molecule has 0 aromatic heterocycles. The Labute approximate surface area is 63.4 Å². The number of nitrogens with two attached hydrogens (primary N) is 1. The highest BCUT2D eigenvalue weighted by molar-refractivity contribution is 4.83. The third kappa shape index (κ3) is 1.70. The van der Waals surface area contributed by atoms with Gasteiger partial charge in [-0.3, -0.25) is 4.90 Å². The summed E-state index contributed by atoms with van der Waals surface area (Å²) in [6.45, 7) is 6.81. The van der Waals surface area contributed by atoms with Crippen molar-refractivity contribution in [1.29, 1.82) is 0 Å². The van der Waals surface area contributed by atoms with Crippen LogP contribution in [0.2, 0.25) is 0 Å². The van der Waals surface area contributed by atoms with Gasteiger partial charge in [0.2, 0.25) is 0 Å². The van der Waals surface area contributed by atoms with E-state index in [2.05, 4.69) is 18.7 Å². The predicted molar refractivity (Wildman–Crippen MR) is 43.9 cm³/mol. The Kier molecular flexibility index (Phi) is 2.69. The minimum atomic E-state index is 0.432. The van der Waals surface area contributed by atoms with Crippen LogP contribution in [0.3, 0.4) is 0 Å². The van der Waals surface area contributed by atoms with E-state index in [0.717, 1.165) is 12.6 Å². The molecule has 2 unspecified atom stereocenters. The second kappa shape index (κ2) is 3.35. The topological polar surface area (TPSA) is 29.3 Å². The highest BCUT2D eigenvalue weighted by atomic mass is 15.2. The number of hydrogen-bond acceptors (Lipinski definition) is 2. The minimum absolute atomic E-state index is 0.432. The van der Waals surface area contributed by atoms with Crippen LogP contribution in [-0.2, 0) is 0 Å². The lowest BCUT2D eigenvalue weighted by Gasteiger charge is -2.19. The van der Waals surface area contributed by atoms with E-state index in [-0.39, 0.29) is 0 Å². The minimum Gasteiger partial charge on any atom is -0.326 e. The summed E-state index contributed by atoms with van der Waals surface area (Å²) in [4.78, 5) is 2.48. The fourth-order valence-electron chi connectivity index (χ4n) is 1.74. The summed E-state index contributed by atoms with van der Waals surface area (Å²) < 4.78 is 0. The molecule has 1 aliphatic rings. The molecule has 10 heavy (non-hydrogen) atoms. The van der Waals surface area contributed by atoms with Crippen LogP contribution in [0, 0.1) is 0 Å². The van der Waals surface area contributed by atoms with Gasteiger partial charge in [0.1, 0.15) is 0 Å². The monoisotopic (exact) mass is 142 g/mol. The van der Waals surface area contributed by atoms with E-state index in [9.17, 15) is 0 Å². The average Bonchev–Trinajstić information content (AvgIpc) is 2.13. The lowest BCUT2D eigenvalue weighted by molar-refractivity contribution is 0.268. The molecule has 1 saturated heterocycles. The summed E-state index contributed by atoms with van der Waals surface area (Å²) in [5.74, 6) is 0. The normalized spacial score (nSPS) is 35.1. The molecule has 1 heterocycles. The van der Waals surface area contributed by atoms with E-state index in [1.54, 1.807) is 0 Å². The van der Waals surface area contributed by atoms with Crippen molar-refractivity contribution in [2.75, 3.05) is 13.1 Å². The maximum Gasteiger partial charge on any atom is 0.0182 e. The zero-order valence-corrected chi connectivity index (χ0v) is 7.01. The van der Waals surface area contributed by atoms with Crippen LogP contribution < -0.4 is 5.73 Å². The van der Waals surface area contributed by atoms with Gasteiger partial charge in [-0.2, -0.15) is 0 Å². The molecule has 1 rings (SSSR count). The molecule has 2 N–H and O–H groups in total. The Balaban J connectivity index is 2.31. The summed E-state index contributed by atoms with van der Waals surface area (Å²) >= 11 is 0. The molecule has 0 bridgehead atoms. The van der Waals surface area contributed by atoms with Crippen LogP contribution in [0.15, 0.2) is 0 Å². The standard InChI is InChI=1S/C8H18N2/c1-3-4-10-6-8(9)5-7(10)2/h7-8H,3-6,9H2,1-2H3. The van der Waals surface area contributed by atoms with Crippen molar-refractivity contribution in [3.63, 3.8) is 0 Å². The van der Waals surface area contributed by atoms with Crippen molar-refractivity contribution in [3.8, 4) is 0 Å². The van der Waals surface area contributed by atoms with Crippen molar-refractivity contribution in [3.05, 3.63) is 0 Å². The van der Waals surface area contributed by atoms with Gasteiger partial charge < -0.3 is 5.73 Å². The molecule has 0 aromatic rings. The van der Waals surface area contributed by atoms with Crippen LogP contribution in [0.1, 0.15) is 26.7 Å². The van der Waals surface area contributed by atoms with Crippen molar-refractivity contribution < 1.29 is 0 Å². The average molecular weight is 142 g/mol. The number of rotatable bonds is 2. The number of nitrogens with zero attached hydrogens (tertiary/aromatic N) is 1. The Hall–Kier alpha value is -0.0800. The van der Waals surface area contributed by atoms with Crippen molar-refractivity contribution in [2.24, 2.45) is 5.73 Å². The highest BCUT2D eigenvalue weighted by Crippen LogP contribution is 2.15. The van der Waals surface area contributed by atoms with Crippen LogP contribution in [0.25, 0.3) is 0 Å². The van der Waals surface area contributed by atoms with Gasteiger partial charge in [0.15, 0.2) is 0 Å². The third-order valence-electron chi connectivity index (χ3n) is 2.25. The Morgan fingerprint density at radius 3 is 2.70 bits per heavy atom. The van der Waals surface area contributed by atoms with Crippen LogP contribution in [-0.4, -0.2) is 30.1 Å². The molecule has 1 aliphatic heterocycles. The van der Waals surface area contributed by atoms with Crippen molar-refractivity contribution in [1.82, 2.24) is 4.90 Å². The maximum atomic E-state index is 5.80. The largest absolute Gasteiger partial charge is 0.326 e. The van der Waals surface area contributed by atoms with Gasteiger partial charge in [0.05, 0.1) is 0 Å². The summed E-state index contributed by atoms with van der Waals surface area (Å²) in [7, 11) is 0. The van der Waals surface area contributed by atoms with E-state index >= 15 is 0 Å². The lowest BCUT2D eigenvalue weighted by Crippen LogP contribution is -2.29. The van der Waals surface area contributed by atoms with Gasteiger partial charge in [-0.05, 0) is 26.3 Å². The summed E-state index contributed by atoms with van der Waals surface area (Å²) in [5.41, 5.74) is 5.80. The summed E-state index contributed by atoms with van der Waals surface area (Å²) in [6.07, 6.45) is 2.43. The first kappa shape index (κ1) is 8.02. The molecular formula is C8H18N2. The first-order chi connectivity index (χ1) is 4.74. The fourth-order valence-corrected chi connectivity index (χ4v) is 1.74. The van der Waals surface area contributed by atoms with Crippen LogP contribution in [0.4, 0.5) is 0 Å². The van der Waals surface area contributed by atoms with Crippen LogP contribution >= 0.6 is 0 Å². The van der Waals surface area contributed by atoms with Gasteiger partial charge in [0, 0.05) is 18.6 Å². The first-order valence-electron chi connectivity index (χ1n) is 4.23. The Morgan fingerprint density at radius 2 is 2.30 bits per heavy atom. The maximum absolute atomic E-state index is 5.80. The molecule has 0 amide bonds. The molecule has 0 radical (unpaired) electrons. The number of hydrogen-bond donors (Lipinski definition) is 1. The van der Waals surface area contributed by atoms with Crippen molar-refractivity contribution in [2.45, 2.75) is 38.8 Å². The molecule has 2 atom stereocenters. The summed E-state index contributed by atoms with van der Waals surface area (Å²) in [6, 6.07) is 1.15. The van der Waals surface area contributed by atoms with E-state index in [0.29, 0.717) is 6.04 Å². The first-order valence-corrected chi connectivity index (χ1v) is 4.23.